The summed E-state index contributed by atoms with van der Waals surface area (Å²) in [6.45, 7) is 1.33. The van der Waals surface area contributed by atoms with Gasteiger partial charge in [0.2, 0.25) is 0 Å². The van der Waals surface area contributed by atoms with Crippen molar-refractivity contribution in [3.63, 3.8) is 0 Å². The summed E-state index contributed by atoms with van der Waals surface area (Å²) >= 11 is 0. The number of rotatable bonds is 7. The molecule has 24 heavy (non-hydrogen) atoms. The number of benzene rings is 2. The van der Waals surface area contributed by atoms with Gasteiger partial charge in [0.1, 0.15) is 0 Å². The Hall–Kier alpha value is -2.89. The minimum absolute atomic E-state index is 0.0457. The van der Waals surface area contributed by atoms with E-state index < -0.39 is 30.4 Å². The highest BCUT2D eigenvalue weighted by molar-refractivity contribution is 5.83. The molecule has 0 bridgehead atoms. The van der Waals surface area contributed by atoms with Gasteiger partial charge in [0.15, 0.2) is 24.3 Å². The van der Waals surface area contributed by atoms with Crippen molar-refractivity contribution in [2.24, 2.45) is 0 Å². The molecule has 0 heterocycles. The van der Waals surface area contributed by atoms with Crippen LogP contribution >= 0.6 is 0 Å². The molecular formula is C18H18FNO4. The van der Waals surface area contributed by atoms with E-state index >= 15 is 0 Å². The van der Waals surface area contributed by atoms with Crippen LogP contribution in [0.3, 0.4) is 0 Å². The number of nitrogens with one attached hydrogen (secondary N) is 1. The Kier molecular flexibility index (Phi) is 6.31. The van der Waals surface area contributed by atoms with Crippen LogP contribution in [0.5, 0.6) is 5.75 Å². The molecule has 0 aliphatic rings. The molecule has 0 saturated heterocycles. The van der Waals surface area contributed by atoms with Crippen LogP contribution in [-0.2, 0) is 20.9 Å². The van der Waals surface area contributed by atoms with Crippen LogP contribution in [0.4, 0.5) is 4.39 Å². The molecule has 2 aromatic carbocycles. The summed E-state index contributed by atoms with van der Waals surface area (Å²) in [6.07, 6.45) is -0.967. The van der Waals surface area contributed by atoms with Crippen molar-refractivity contribution in [1.29, 1.82) is 0 Å². The first-order valence-electron chi connectivity index (χ1n) is 7.44. The average Bonchev–Trinajstić information content (AvgIpc) is 2.59. The Balaban J connectivity index is 1.74. The zero-order valence-corrected chi connectivity index (χ0v) is 13.2. The summed E-state index contributed by atoms with van der Waals surface area (Å²) in [6, 6.07) is 15.1. The first-order chi connectivity index (χ1) is 11.6. The van der Waals surface area contributed by atoms with E-state index in [4.69, 9.17) is 9.47 Å². The quantitative estimate of drug-likeness (QED) is 0.792. The van der Waals surface area contributed by atoms with Crippen LogP contribution in [-0.4, -0.2) is 24.6 Å². The third-order valence-corrected chi connectivity index (χ3v) is 3.17. The summed E-state index contributed by atoms with van der Waals surface area (Å²) in [5, 5.41) is 2.67. The Labute approximate surface area is 139 Å². The molecule has 0 fully saturated rings. The molecule has 1 amide bonds. The minimum atomic E-state index is -0.967. The fraction of sp³-hybridized carbons (Fsp3) is 0.222. The summed E-state index contributed by atoms with van der Waals surface area (Å²) in [5.41, 5.74) is 0.937. The van der Waals surface area contributed by atoms with Crippen molar-refractivity contribution in [3.05, 3.63) is 66.0 Å². The largest absolute Gasteiger partial charge is 0.479 e. The summed E-state index contributed by atoms with van der Waals surface area (Å²) < 4.78 is 23.3. The van der Waals surface area contributed by atoms with Gasteiger partial charge in [-0.15, -0.1) is 0 Å². The number of para-hydroxylation sites is 1. The number of carbonyl (C=O) groups excluding carboxylic acids is 2. The van der Waals surface area contributed by atoms with E-state index in [2.05, 4.69) is 5.32 Å². The van der Waals surface area contributed by atoms with E-state index in [1.807, 2.05) is 30.3 Å². The van der Waals surface area contributed by atoms with E-state index in [1.54, 1.807) is 6.07 Å². The highest BCUT2D eigenvalue weighted by atomic mass is 19.1. The van der Waals surface area contributed by atoms with Crippen molar-refractivity contribution in [2.75, 3.05) is 6.61 Å². The fourth-order valence-corrected chi connectivity index (χ4v) is 1.91. The molecule has 1 atom stereocenters. The molecular weight excluding hydrogens is 313 g/mol. The topological polar surface area (TPSA) is 64.6 Å². The SMILES string of the molecule is C[C@H](OC(=O)COc1ccccc1F)C(=O)NCc1ccccc1. The molecule has 2 rings (SSSR count). The summed E-state index contributed by atoms with van der Waals surface area (Å²) in [7, 11) is 0. The number of ether oxygens (including phenoxy) is 2. The second kappa shape index (κ2) is 8.67. The number of esters is 1. The van der Waals surface area contributed by atoms with Crippen LogP contribution in [0.15, 0.2) is 54.6 Å². The van der Waals surface area contributed by atoms with Crippen LogP contribution in [0.2, 0.25) is 0 Å². The lowest BCUT2D eigenvalue weighted by molar-refractivity contribution is -0.156. The zero-order chi connectivity index (χ0) is 17.4. The van der Waals surface area contributed by atoms with Gasteiger partial charge in [-0.2, -0.15) is 0 Å². The highest BCUT2D eigenvalue weighted by Crippen LogP contribution is 2.15. The molecule has 126 valence electrons. The molecule has 0 unspecified atom stereocenters. The molecule has 0 radical (unpaired) electrons. The van der Waals surface area contributed by atoms with Crippen LogP contribution < -0.4 is 10.1 Å². The predicted molar refractivity (Wildman–Crippen MR) is 85.7 cm³/mol. The maximum absolute atomic E-state index is 13.4. The van der Waals surface area contributed by atoms with Crippen molar-refractivity contribution < 1.29 is 23.5 Å². The minimum Gasteiger partial charge on any atom is -0.479 e. The summed E-state index contributed by atoms with van der Waals surface area (Å²) in [5.74, 6) is -1.78. The van der Waals surface area contributed by atoms with Crippen molar-refractivity contribution >= 4 is 11.9 Å². The predicted octanol–water partition coefficient (Wildman–Crippen LogP) is 2.45. The highest BCUT2D eigenvalue weighted by Gasteiger charge is 2.18. The molecule has 0 aromatic heterocycles. The fourth-order valence-electron chi connectivity index (χ4n) is 1.91. The molecule has 0 spiro atoms. The monoisotopic (exact) mass is 331 g/mol. The van der Waals surface area contributed by atoms with E-state index in [9.17, 15) is 14.0 Å². The number of amides is 1. The Morgan fingerprint density at radius 3 is 2.46 bits per heavy atom. The average molecular weight is 331 g/mol. The molecule has 0 aliphatic heterocycles. The van der Waals surface area contributed by atoms with Gasteiger partial charge in [-0.25, -0.2) is 9.18 Å². The number of hydrogen-bond acceptors (Lipinski definition) is 4. The molecule has 0 saturated carbocycles. The van der Waals surface area contributed by atoms with Gasteiger partial charge < -0.3 is 14.8 Å². The Morgan fingerprint density at radius 1 is 1.08 bits per heavy atom. The Bertz CT molecular complexity index is 690. The van der Waals surface area contributed by atoms with E-state index in [-0.39, 0.29) is 5.75 Å². The van der Waals surface area contributed by atoms with E-state index in [0.717, 1.165) is 5.56 Å². The van der Waals surface area contributed by atoms with Gasteiger partial charge in [-0.3, -0.25) is 4.79 Å². The third kappa shape index (κ3) is 5.39. The smallest absolute Gasteiger partial charge is 0.344 e. The lowest BCUT2D eigenvalue weighted by Crippen LogP contribution is -2.36. The van der Waals surface area contributed by atoms with E-state index in [0.29, 0.717) is 6.54 Å². The standard InChI is InChI=1S/C18H18FNO4/c1-13(18(22)20-11-14-7-3-2-4-8-14)24-17(21)12-23-16-10-6-5-9-15(16)19/h2-10,13H,11-12H2,1H3,(H,20,22)/t13-/m0/s1. The van der Waals surface area contributed by atoms with E-state index in [1.165, 1.54) is 25.1 Å². The normalized spacial score (nSPS) is 11.4. The summed E-state index contributed by atoms with van der Waals surface area (Å²) in [4.78, 5) is 23.6. The lowest BCUT2D eigenvalue weighted by Gasteiger charge is -2.14. The zero-order valence-electron chi connectivity index (χ0n) is 13.2. The molecule has 5 nitrogen and oxygen atoms in total. The third-order valence-electron chi connectivity index (χ3n) is 3.17. The van der Waals surface area contributed by atoms with Gasteiger partial charge in [-0.05, 0) is 24.6 Å². The maximum atomic E-state index is 13.4. The second-order valence-corrected chi connectivity index (χ2v) is 5.05. The van der Waals surface area contributed by atoms with Gasteiger partial charge >= 0.3 is 5.97 Å². The van der Waals surface area contributed by atoms with Crippen LogP contribution in [0.25, 0.3) is 0 Å². The first kappa shape index (κ1) is 17.5. The van der Waals surface area contributed by atoms with Gasteiger partial charge in [0.05, 0.1) is 0 Å². The maximum Gasteiger partial charge on any atom is 0.344 e. The molecule has 0 aliphatic carbocycles. The second-order valence-electron chi connectivity index (χ2n) is 5.05. The van der Waals surface area contributed by atoms with Crippen LogP contribution in [0, 0.1) is 5.82 Å². The van der Waals surface area contributed by atoms with Gasteiger partial charge in [-0.1, -0.05) is 42.5 Å². The molecule has 2 aromatic rings. The van der Waals surface area contributed by atoms with Crippen molar-refractivity contribution in [3.8, 4) is 5.75 Å². The number of carbonyl (C=O) groups is 2. The van der Waals surface area contributed by atoms with Crippen LogP contribution in [0.1, 0.15) is 12.5 Å². The first-order valence-corrected chi connectivity index (χ1v) is 7.44. The molecule has 1 N–H and O–H groups in total. The van der Waals surface area contributed by atoms with Crippen molar-refractivity contribution in [1.82, 2.24) is 5.32 Å². The Morgan fingerprint density at radius 2 is 1.75 bits per heavy atom. The number of halogens is 1. The van der Waals surface area contributed by atoms with Gasteiger partial charge in [0, 0.05) is 6.54 Å². The molecule has 6 heteroatoms. The van der Waals surface area contributed by atoms with Crippen molar-refractivity contribution in [2.45, 2.75) is 19.6 Å². The van der Waals surface area contributed by atoms with Gasteiger partial charge in [0.25, 0.3) is 5.91 Å². The number of hydrogen-bond donors (Lipinski definition) is 1. The lowest BCUT2D eigenvalue weighted by atomic mass is 10.2.